The number of benzene rings is 1. The summed E-state index contributed by atoms with van der Waals surface area (Å²) in [6.07, 6.45) is 3.01. The molecule has 1 N–H and O–H groups in total. The van der Waals surface area contributed by atoms with Crippen LogP contribution in [0, 0.1) is 6.92 Å². The summed E-state index contributed by atoms with van der Waals surface area (Å²) in [6, 6.07) is 6.87. The van der Waals surface area contributed by atoms with Gasteiger partial charge in [0.25, 0.3) is 5.91 Å². The second-order valence-electron chi connectivity index (χ2n) is 5.60. The number of hydrogen-bond donors (Lipinski definition) is 1. The van der Waals surface area contributed by atoms with E-state index in [0.717, 1.165) is 17.1 Å². The quantitative estimate of drug-likeness (QED) is 0.923. The lowest BCUT2D eigenvalue weighted by Gasteiger charge is -2.32. The average molecular weight is 345 g/mol. The maximum Gasteiger partial charge on any atom is 0.263 e. The predicted molar refractivity (Wildman–Crippen MR) is 92.7 cm³/mol. The zero-order chi connectivity index (χ0) is 17.1. The molecule has 2 heterocycles. The highest BCUT2D eigenvalue weighted by molar-refractivity contribution is 7.13. The Bertz CT molecular complexity index is 759. The van der Waals surface area contributed by atoms with Gasteiger partial charge in [0.15, 0.2) is 0 Å². The molecule has 3 rings (SSSR count). The summed E-state index contributed by atoms with van der Waals surface area (Å²) in [5.74, 6) is 0.363. The fraction of sp³-hybridized carbons (Fsp3) is 0.353. The number of aryl methyl sites for hydroxylation is 1. The minimum Gasteiger partial charge on any atom is -0.497 e. The second-order valence-corrected chi connectivity index (χ2v) is 6.84. The number of piperidine rings is 1. The Labute approximate surface area is 144 Å². The van der Waals surface area contributed by atoms with E-state index in [9.17, 15) is 9.59 Å². The van der Waals surface area contributed by atoms with E-state index in [0.29, 0.717) is 23.6 Å². The highest BCUT2D eigenvalue weighted by Gasteiger charge is 2.31. The van der Waals surface area contributed by atoms with Gasteiger partial charge in [0.05, 0.1) is 18.3 Å². The third-order valence-corrected chi connectivity index (χ3v) is 4.87. The first-order valence-electron chi connectivity index (χ1n) is 7.77. The van der Waals surface area contributed by atoms with Crippen LogP contribution >= 0.6 is 11.3 Å². The molecular formula is C17H19N3O3S. The SMILES string of the molecule is COc1cccc(N2CCC[C@H](NC(=O)c3cnc(C)s3)C2=O)c1. The molecule has 2 aromatic rings. The van der Waals surface area contributed by atoms with Gasteiger partial charge in [0.2, 0.25) is 5.91 Å². The Hall–Kier alpha value is -2.41. The number of hydrogen-bond acceptors (Lipinski definition) is 5. The smallest absolute Gasteiger partial charge is 0.263 e. The van der Waals surface area contributed by atoms with Crippen LogP contribution in [-0.4, -0.2) is 36.5 Å². The van der Waals surface area contributed by atoms with Crippen LogP contribution in [0.5, 0.6) is 5.75 Å². The molecular weight excluding hydrogens is 326 g/mol. The van der Waals surface area contributed by atoms with Crippen LogP contribution in [0.15, 0.2) is 30.5 Å². The molecule has 0 radical (unpaired) electrons. The molecule has 7 heteroatoms. The number of thiazole rings is 1. The van der Waals surface area contributed by atoms with Crippen molar-refractivity contribution in [3.8, 4) is 5.75 Å². The summed E-state index contributed by atoms with van der Waals surface area (Å²) in [7, 11) is 1.59. The van der Waals surface area contributed by atoms with Crippen LogP contribution in [0.2, 0.25) is 0 Å². The summed E-state index contributed by atoms with van der Waals surface area (Å²) in [6.45, 7) is 2.48. The molecule has 0 saturated carbocycles. The topological polar surface area (TPSA) is 71.5 Å². The first-order chi connectivity index (χ1) is 11.6. The molecule has 1 aromatic carbocycles. The van der Waals surface area contributed by atoms with Gasteiger partial charge in [0, 0.05) is 18.3 Å². The molecule has 1 saturated heterocycles. The Morgan fingerprint density at radius 2 is 2.29 bits per heavy atom. The maximum absolute atomic E-state index is 12.8. The van der Waals surface area contributed by atoms with Crippen molar-refractivity contribution >= 4 is 28.8 Å². The summed E-state index contributed by atoms with van der Waals surface area (Å²) in [5.41, 5.74) is 0.784. The van der Waals surface area contributed by atoms with Crippen molar-refractivity contribution in [1.29, 1.82) is 0 Å². The van der Waals surface area contributed by atoms with E-state index in [2.05, 4.69) is 10.3 Å². The number of ether oxygens (including phenoxy) is 1. The summed E-state index contributed by atoms with van der Waals surface area (Å²) in [5, 5.41) is 3.66. The van der Waals surface area contributed by atoms with Crippen molar-refractivity contribution in [3.63, 3.8) is 0 Å². The number of amides is 2. The molecule has 126 valence electrons. The predicted octanol–water partition coefficient (Wildman–Crippen LogP) is 2.39. The van der Waals surface area contributed by atoms with Crippen molar-refractivity contribution in [2.45, 2.75) is 25.8 Å². The van der Waals surface area contributed by atoms with Gasteiger partial charge < -0.3 is 15.0 Å². The number of nitrogens with zero attached hydrogens (tertiary/aromatic N) is 2. The third-order valence-electron chi connectivity index (χ3n) is 3.95. The van der Waals surface area contributed by atoms with Gasteiger partial charge in [-0.05, 0) is 31.9 Å². The molecule has 1 aromatic heterocycles. The number of rotatable bonds is 4. The highest BCUT2D eigenvalue weighted by atomic mass is 32.1. The van der Waals surface area contributed by atoms with Crippen molar-refractivity contribution in [1.82, 2.24) is 10.3 Å². The van der Waals surface area contributed by atoms with E-state index >= 15 is 0 Å². The monoisotopic (exact) mass is 345 g/mol. The normalized spacial score (nSPS) is 17.7. The van der Waals surface area contributed by atoms with Crippen LogP contribution < -0.4 is 15.0 Å². The van der Waals surface area contributed by atoms with Crippen molar-refractivity contribution in [2.24, 2.45) is 0 Å². The molecule has 0 unspecified atom stereocenters. The van der Waals surface area contributed by atoms with Crippen LogP contribution in [0.1, 0.15) is 27.5 Å². The van der Waals surface area contributed by atoms with Gasteiger partial charge in [-0.15, -0.1) is 11.3 Å². The number of anilines is 1. The average Bonchev–Trinajstić information content (AvgIpc) is 3.03. The number of methoxy groups -OCH3 is 1. The van der Waals surface area contributed by atoms with E-state index < -0.39 is 6.04 Å². The molecule has 0 spiro atoms. The molecule has 1 atom stereocenters. The van der Waals surface area contributed by atoms with Crippen LogP contribution in [0.25, 0.3) is 0 Å². The molecule has 0 bridgehead atoms. The number of aromatic nitrogens is 1. The van der Waals surface area contributed by atoms with Crippen molar-refractivity contribution in [3.05, 3.63) is 40.3 Å². The molecule has 6 nitrogen and oxygen atoms in total. The Morgan fingerprint density at radius 1 is 1.46 bits per heavy atom. The summed E-state index contributed by atoms with van der Waals surface area (Å²) < 4.78 is 5.22. The first-order valence-corrected chi connectivity index (χ1v) is 8.59. The lowest BCUT2D eigenvalue weighted by molar-refractivity contribution is -0.121. The highest BCUT2D eigenvalue weighted by Crippen LogP contribution is 2.25. The zero-order valence-corrected chi connectivity index (χ0v) is 14.4. The van der Waals surface area contributed by atoms with Crippen LogP contribution in [0.3, 0.4) is 0 Å². The fourth-order valence-electron chi connectivity index (χ4n) is 2.74. The van der Waals surface area contributed by atoms with E-state index in [4.69, 9.17) is 4.74 Å². The van der Waals surface area contributed by atoms with E-state index in [1.54, 1.807) is 18.2 Å². The minimum absolute atomic E-state index is 0.0934. The molecule has 0 aliphatic carbocycles. The van der Waals surface area contributed by atoms with Gasteiger partial charge in [-0.1, -0.05) is 6.07 Å². The largest absolute Gasteiger partial charge is 0.497 e. The molecule has 2 amide bonds. The molecule has 24 heavy (non-hydrogen) atoms. The minimum atomic E-state index is -0.514. The number of carbonyl (C=O) groups is 2. The van der Waals surface area contributed by atoms with Crippen LogP contribution in [-0.2, 0) is 4.79 Å². The van der Waals surface area contributed by atoms with Gasteiger partial charge in [-0.2, -0.15) is 0 Å². The Balaban J connectivity index is 1.73. The lowest BCUT2D eigenvalue weighted by atomic mass is 10.0. The number of carbonyl (C=O) groups excluding carboxylic acids is 2. The van der Waals surface area contributed by atoms with Crippen molar-refractivity contribution in [2.75, 3.05) is 18.6 Å². The first kappa shape index (κ1) is 16.4. The molecule has 1 aliphatic heterocycles. The van der Waals surface area contributed by atoms with Gasteiger partial charge in [0.1, 0.15) is 16.7 Å². The van der Waals surface area contributed by atoms with E-state index in [-0.39, 0.29) is 11.8 Å². The second kappa shape index (κ2) is 7.00. The van der Waals surface area contributed by atoms with Gasteiger partial charge in [-0.3, -0.25) is 9.59 Å². The fourth-order valence-corrected chi connectivity index (χ4v) is 3.42. The van der Waals surface area contributed by atoms with E-state index in [1.807, 2.05) is 31.2 Å². The Kier molecular flexibility index (Phi) is 4.80. The van der Waals surface area contributed by atoms with Gasteiger partial charge in [-0.25, -0.2) is 4.98 Å². The Morgan fingerprint density at radius 3 is 3.00 bits per heavy atom. The number of nitrogens with one attached hydrogen (secondary N) is 1. The zero-order valence-electron chi connectivity index (χ0n) is 13.6. The maximum atomic E-state index is 12.8. The molecule has 1 fully saturated rings. The molecule has 1 aliphatic rings. The third kappa shape index (κ3) is 3.41. The summed E-state index contributed by atoms with van der Waals surface area (Å²) >= 11 is 1.32. The van der Waals surface area contributed by atoms with Crippen LogP contribution in [0.4, 0.5) is 5.69 Å². The van der Waals surface area contributed by atoms with E-state index in [1.165, 1.54) is 11.3 Å². The lowest BCUT2D eigenvalue weighted by Crippen LogP contribution is -2.52. The van der Waals surface area contributed by atoms with Crippen molar-refractivity contribution < 1.29 is 14.3 Å². The standard InChI is InChI=1S/C17H19N3O3S/c1-11-18-10-15(24-11)16(21)19-14-7-4-8-20(17(14)22)12-5-3-6-13(9-12)23-2/h3,5-6,9-10,14H,4,7-8H2,1-2H3,(H,19,21)/t14-/m0/s1. The summed E-state index contributed by atoms with van der Waals surface area (Å²) in [4.78, 5) is 31.3. The van der Waals surface area contributed by atoms with Gasteiger partial charge >= 0.3 is 0 Å².